The maximum absolute atomic E-state index is 10.8. The molecule has 0 radical (unpaired) electrons. The predicted molar refractivity (Wildman–Crippen MR) is 67.2 cm³/mol. The fourth-order valence-corrected chi connectivity index (χ4v) is 2.27. The van der Waals surface area contributed by atoms with Gasteiger partial charge >= 0.3 is 5.97 Å². The van der Waals surface area contributed by atoms with E-state index in [9.17, 15) is 4.79 Å². The molecule has 2 rings (SSSR count). The molecule has 17 heavy (non-hydrogen) atoms. The van der Waals surface area contributed by atoms with Crippen molar-refractivity contribution in [2.45, 2.75) is 25.3 Å². The summed E-state index contributed by atoms with van der Waals surface area (Å²) in [6.07, 6.45) is 3.30. The third kappa shape index (κ3) is 2.77. The van der Waals surface area contributed by atoms with Crippen LogP contribution in [0.4, 0.5) is 5.69 Å². The average Bonchev–Trinajstić information content (AvgIpc) is 2.52. The summed E-state index contributed by atoms with van der Waals surface area (Å²) in [4.78, 5) is 12.9. The number of nitrogens with two attached hydrogens (primary N) is 1. The molecule has 1 atom stereocenters. The monoisotopic (exact) mass is 234 g/mol. The quantitative estimate of drug-likeness (QED) is 0.825. The Bertz CT molecular complexity index is 406. The van der Waals surface area contributed by atoms with Gasteiger partial charge in [0, 0.05) is 18.8 Å². The summed E-state index contributed by atoms with van der Waals surface area (Å²) in [5.74, 6) is -0.938. The number of aliphatic carboxylic acids is 1. The van der Waals surface area contributed by atoms with Crippen LogP contribution in [0.5, 0.6) is 0 Å². The highest BCUT2D eigenvalue weighted by Gasteiger charge is 2.20. The number of hydrogen-bond acceptors (Lipinski definition) is 3. The molecule has 1 aromatic carbocycles. The van der Waals surface area contributed by atoms with Gasteiger partial charge in [-0.15, -0.1) is 0 Å². The number of hydrogen-bond donors (Lipinski definition) is 2. The summed E-state index contributed by atoms with van der Waals surface area (Å²) in [5, 5.41) is 8.88. The van der Waals surface area contributed by atoms with Crippen molar-refractivity contribution in [3.05, 3.63) is 29.8 Å². The summed E-state index contributed by atoms with van der Waals surface area (Å²) in [5.41, 5.74) is 8.05. The second kappa shape index (κ2) is 5.19. The van der Waals surface area contributed by atoms with Crippen LogP contribution in [0.2, 0.25) is 0 Å². The Labute approximate surface area is 101 Å². The molecular weight excluding hydrogens is 216 g/mol. The van der Waals surface area contributed by atoms with Crippen molar-refractivity contribution in [2.24, 2.45) is 5.73 Å². The highest BCUT2D eigenvalue weighted by Crippen LogP contribution is 2.25. The summed E-state index contributed by atoms with van der Waals surface area (Å²) in [6.45, 7) is 1.27. The van der Waals surface area contributed by atoms with Gasteiger partial charge in [0.1, 0.15) is 6.04 Å². The van der Waals surface area contributed by atoms with Gasteiger partial charge in [-0.3, -0.25) is 4.79 Å². The molecule has 0 saturated heterocycles. The summed E-state index contributed by atoms with van der Waals surface area (Å²) in [6, 6.07) is 7.36. The normalized spacial score (nSPS) is 17.1. The minimum atomic E-state index is -0.938. The number of anilines is 1. The van der Waals surface area contributed by atoms with Gasteiger partial charge in [-0.1, -0.05) is 18.2 Å². The number of carboxylic acids is 1. The van der Waals surface area contributed by atoms with Crippen molar-refractivity contribution >= 4 is 11.7 Å². The number of nitrogens with zero attached hydrogens (tertiary/aromatic N) is 1. The minimum absolute atomic E-state index is 0.381. The molecule has 4 nitrogen and oxygen atoms in total. The number of rotatable bonds is 3. The van der Waals surface area contributed by atoms with E-state index in [1.54, 1.807) is 0 Å². The van der Waals surface area contributed by atoms with Gasteiger partial charge in [0.25, 0.3) is 0 Å². The topological polar surface area (TPSA) is 66.6 Å². The van der Waals surface area contributed by atoms with Crippen LogP contribution in [-0.4, -0.2) is 30.2 Å². The molecule has 1 unspecified atom stereocenters. The standard InChI is InChI=1S/C13H18N2O2/c14-11(13(16)17)9-15-8-4-3-6-10-5-1-2-7-12(10)15/h1-2,5,7,11H,3-4,6,8-9,14H2,(H,16,17). The first-order valence-electron chi connectivity index (χ1n) is 5.99. The fraction of sp³-hybridized carbons (Fsp3) is 0.462. The molecule has 1 aromatic rings. The maximum atomic E-state index is 10.8. The lowest BCUT2D eigenvalue weighted by Gasteiger charge is -2.26. The lowest BCUT2D eigenvalue weighted by molar-refractivity contribution is -0.138. The fourth-order valence-electron chi connectivity index (χ4n) is 2.27. The smallest absolute Gasteiger partial charge is 0.322 e. The Hall–Kier alpha value is -1.55. The van der Waals surface area contributed by atoms with Crippen LogP contribution in [0.1, 0.15) is 18.4 Å². The first-order valence-corrected chi connectivity index (χ1v) is 5.99. The van der Waals surface area contributed by atoms with Crippen molar-refractivity contribution < 1.29 is 9.90 Å². The van der Waals surface area contributed by atoms with Crippen molar-refractivity contribution in [2.75, 3.05) is 18.0 Å². The Morgan fingerprint density at radius 1 is 1.41 bits per heavy atom. The molecular formula is C13H18N2O2. The second-order valence-electron chi connectivity index (χ2n) is 4.48. The van der Waals surface area contributed by atoms with Crippen molar-refractivity contribution in [3.63, 3.8) is 0 Å². The summed E-state index contributed by atoms with van der Waals surface area (Å²) in [7, 11) is 0. The second-order valence-corrected chi connectivity index (χ2v) is 4.48. The molecule has 1 aliphatic heterocycles. The molecule has 0 saturated carbocycles. The maximum Gasteiger partial charge on any atom is 0.322 e. The van der Waals surface area contributed by atoms with Crippen LogP contribution in [0.25, 0.3) is 0 Å². The molecule has 3 N–H and O–H groups in total. The van der Waals surface area contributed by atoms with E-state index in [2.05, 4.69) is 17.0 Å². The Morgan fingerprint density at radius 3 is 2.94 bits per heavy atom. The highest BCUT2D eigenvalue weighted by atomic mass is 16.4. The molecule has 0 fully saturated rings. The SMILES string of the molecule is NC(CN1CCCCc2ccccc21)C(=O)O. The van der Waals surface area contributed by atoms with E-state index >= 15 is 0 Å². The largest absolute Gasteiger partial charge is 0.480 e. The van der Waals surface area contributed by atoms with E-state index in [0.717, 1.165) is 31.5 Å². The Kier molecular flexibility index (Phi) is 3.64. The molecule has 0 amide bonds. The summed E-state index contributed by atoms with van der Waals surface area (Å²) < 4.78 is 0. The van der Waals surface area contributed by atoms with Crippen molar-refractivity contribution in [3.8, 4) is 0 Å². The van der Waals surface area contributed by atoms with E-state index in [4.69, 9.17) is 10.8 Å². The number of fused-ring (bicyclic) bond motifs is 1. The van der Waals surface area contributed by atoms with Crippen LogP contribution >= 0.6 is 0 Å². The van der Waals surface area contributed by atoms with Crippen LogP contribution in [0, 0.1) is 0 Å². The third-order valence-corrected chi connectivity index (χ3v) is 3.19. The van der Waals surface area contributed by atoms with Gasteiger partial charge in [0.05, 0.1) is 0 Å². The first kappa shape index (κ1) is 11.9. The van der Waals surface area contributed by atoms with E-state index in [-0.39, 0.29) is 0 Å². The van der Waals surface area contributed by atoms with Crippen LogP contribution in [0.3, 0.4) is 0 Å². The number of carboxylic acid groups (broad SMARTS) is 1. The molecule has 1 aliphatic rings. The molecule has 0 bridgehead atoms. The zero-order valence-electron chi connectivity index (χ0n) is 9.80. The summed E-state index contributed by atoms with van der Waals surface area (Å²) >= 11 is 0. The van der Waals surface area contributed by atoms with E-state index in [1.165, 1.54) is 5.56 Å². The number of benzene rings is 1. The van der Waals surface area contributed by atoms with Gasteiger partial charge in [-0.05, 0) is 30.9 Å². The van der Waals surface area contributed by atoms with Crippen LogP contribution in [-0.2, 0) is 11.2 Å². The zero-order chi connectivity index (χ0) is 12.3. The number of para-hydroxylation sites is 1. The van der Waals surface area contributed by atoms with E-state index < -0.39 is 12.0 Å². The molecule has 92 valence electrons. The molecule has 1 heterocycles. The van der Waals surface area contributed by atoms with Crippen LogP contribution in [0.15, 0.2) is 24.3 Å². The van der Waals surface area contributed by atoms with Gasteiger partial charge < -0.3 is 15.7 Å². The average molecular weight is 234 g/mol. The van der Waals surface area contributed by atoms with Crippen molar-refractivity contribution in [1.29, 1.82) is 0 Å². The van der Waals surface area contributed by atoms with Gasteiger partial charge in [-0.2, -0.15) is 0 Å². The molecule has 4 heteroatoms. The zero-order valence-corrected chi connectivity index (χ0v) is 9.80. The molecule has 0 aliphatic carbocycles. The first-order chi connectivity index (χ1) is 8.18. The molecule has 0 spiro atoms. The van der Waals surface area contributed by atoms with E-state index in [0.29, 0.717) is 6.54 Å². The highest BCUT2D eigenvalue weighted by molar-refractivity contribution is 5.74. The Morgan fingerprint density at radius 2 is 2.18 bits per heavy atom. The molecule has 0 aromatic heterocycles. The van der Waals surface area contributed by atoms with Gasteiger partial charge in [0.2, 0.25) is 0 Å². The van der Waals surface area contributed by atoms with E-state index in [1.807, 2.05) is 12.1 Å². The lowest BCUT2D eigenvalue weighted by Crippen LogP contribution is -2.43. The van der Waals surface area contributed by atoms with Crippen LogP contribution < -0.4 is 10.6 Å². The van der Waals surface area contributed by atoms with Gasteiger partial charge in [-0.25, -0.2) is 0 Å². The number of carbonyl (C=O) groups is 1. The number of aryl methyl sites for hydroxylation is 1. The minimum Gasteiger partial charge on any atom is -0.480 e. The Balaban J connectivity index is 2.20. The predicted octanol–water partition coefficient (Wildman–Crippen LogP) is 1.24. The van der Waals surface area contributed by atoms with Gasteiger partial charge in [0.15, 0.2) is 0 Å². The third-order valence-electron chi connectivity index (χ3n) is 3.19. The van der Waals surface area contributed by atoms with Crippen molar-refractivity contribution in [1.82, 2.24) is 0 Å². The lowest BCUT2D eigenvalue weighted by atomic mass is 10.1.